The molecule has 1 aliphatic rings. The van der Waals surface area contributed by atoms with Crippen molar-refractivity contribution in [2.45, 2.75) is 19.3 Å². The maximum atomic E-state index is 6.39. The van der Waals surface area contributed by atoms with Crippen molar-refractivity contribution in [3.8, 4) is 45.0 Å². The highest BCUT2D eigenvalue weighted by Crippen LogP contribution is 2.52. The summed E-state index contributed by atoms with van der Waals surface area (Å²) in [5.41, 5.74) is 11.5. The van der Waals surface area contributed by atoms with Gasteiger partial charge in [0.1, 0.15) is 11.2 Å². The van der Waals surface area contributed by atoms with Gasteiger partial charge in [-0.3, -0.25) is 0 Å². The number of nitrogens with zero attached hydrogens (tertiary/aromatic N) is 2. The number of hydrogen-bond acceptors (Lipinski definition) is 3. The molecule has 40 heavy (non-hydrogen) atoms. The summed E-state index contributed by atoms with van der Waals surface area (Å²) in [5, 5.41) is 2.28. The SMILES string of the molecule is CC1(C)c2cc(-c3cccc4c3oc3ccccc34)ccc2-c2nc(-c3ccccc3)nc(-c3ccccc3)c21. The van der Waals surface area contributed by atoms with E-state index in [4.69, 9.17) is 14.4 Å². The van der Waals surface area contributed by atoms with Crippen molar-refractivity contribution >= 4 is 21.9 Å². The van der Waals surface area contributed by atoms with Gasteiger partial charge in [-0.2, -0.15) is 0 Å². The molecule has 0 spiro atoms. The summed E-state index contributed by atoms with van der Waals surface area (Å²) in [6.45, 7) is 4.59. The molecule has 190 valence electrons. The molecular weight excluding hydrogens is 488 g/mol. The Morgan fingerprint density at radius 2 is 1.23 bits per heavy atom. The molecule has 3 heteroatoms. The summed E-state index contributed by atoms with van der Waals surface area (Å²) < 4.78 is 6.39. The largest absolute Gasteiger partial charge is 0.455 e. The maximum Gasteiger partial charge on any atom is 0.160 e. The Hall–Kier alpha value is -5.02. The number of aromatic nitrogens is 2. The first-order valence-electron chi connectivity index (χ1n) is 13.7. The van der Waals surface area contributed by atoms with Crippen molar-refractivity contribution in [1.82, 2.24) is 9.97 Å². The molecule has 0 amide bonds. The van der Waals surface area contributed by atoms with Crippen molar-refractivity contribution in [2.75, 3.05) is 0 Å². The van der Waals surface area contributed by atoms with Crippen LogP contribution in [0.4, 0.5) is 0 Å². The first-order valence-corrected chi connectivity index (χ1v) is 13.7. The van der Waals surface area contributed by atoms with Gasteiger partial charge in [-0.25, -0.2) is 9.97 Å². The van der Waals surface area contributed by atoms with Gasteiger partial charge in [0.05, 0.1) is 11.4 Å². The predicted molar refractivity (Wildman–Crippen MR) is 163 cm³/mol. The van der Waals surface area contributed by atoms with Gasteiger partial charge in [0.25, 0.3) is 0 Å². The minimum absolute atomic E-state index is 0.289. The van der Waals surface area contributed by atoms with Crippen LogP contribution < -0.4 is 0 Å². The van der Waals surface area contributed by atoms with Crippen molar-refractivity contribution in [1.29, 1.82) is 0 Å². The van der Waals surface area contributed by atoms with Crippen LogP contribution in [0, 0.1) is 0 Å². The Balaban J connectivity index is 1.36. The van der Waals surface area contributed by atoms with E-state index in [1.807, 2.05) is 36.4 Å². The topological polar surface area (TPSA) is 38.9 Å². The van der Waals surface area contributed by atoms with Crippen molar-refractivity contribution < 1.29 is 4.42 Å². The molecule has 0 aliphatic heterocycles. The monoisotopic (exact) mass is 514 g/mol. The zero-order valence-corrected chi connectivity index (χ0v) is 22.3. The van der Waals surface area contributed by atoms with Crippen LogP contribution in [0.2, 0.25) is 0 Å². The van der Waals surface area contributed by atoms with Gasteiger partial charge in [-0.15, -0.1) is 0 Å². The first-order chi connectivity index (χ1) is 19.6. The smallest absolute Gasteiger partial charge is 0.160 e. The Bertz CT molecular complexity index is 2070. The molecule has 0 fully saturated rings. The Morgan fingerprint density at radius 1 is 0.550 bits per heavy atom. The third-order valence-electron chi connectivity index (χ3n) is 8.28. The molecule has 0 radical (unpaired) electrons. The number of benzene rings is 5. The van der Waals surface area contributed by atoms with Crippen LogP contribution in [-0.2, 0) is 5.41 Å². The van der Waals surface area contributed by atoms with E-state index in [0.717, 1.165) is 67.0 Å². The molecule has 8 rings (SSSR count). The molecule has 2 aromatic heterocycles. The van der Waals surface area contributed by atoms with Crippen LogP contribution in [0.5, 0.6) is 0 Å². The fraction of sp³-hybridized carbons (Fsp3) is 0.0811. The summed E-state index contributed by atoms with van der Waals surface area (Å²) >= 11 is 0. The molecule has 0 unspecified atom stereocenters. The van der Waals surface area contributed by atoms with Gasteiger partial charge in [-0.1, -0.05) is 123 Å². The highest BCUT2D eigenvalue weighted by Gasteiger charge is 2.40. The second-order valence-corrected chi connectivity index (χ2v) is 11.0. The Kier molecular flexibility index (Phi) is 4.86. The lowest BCUT2D eigenvalue weighted by Gasteiger charge is -2.24. The summed E-state index contributed by atoms with van der Waals surface area (Å²) in [5.74, 6) is 0.748. The quantitative estimate of drug-likeness (QED) is 0.236. The molecule has 0 atom stereocenters. The summed E-state index contributed by atoms with van der Waals surface area (Å²) in [4.78, 5) is 10.4. The molecule has 0 bridgehead atoms. The fourth-order valence-corrected chi connectivity index (χ4v) is 6.31. The lowest BCUT2D eigenvalue weighted by Crippen LogP contribution is -2.17. The molecule has 0 N–H and O–H groups in total. The van der Waals surface area contributed by atoms with Crippen molar-refractivity contribution in [3.63, 3.8) is 0 Å². The van der Waals surface area contributed by atoms with Gasteiger partial charge in [0.15, 0.2) is 5.82 Å². The molecule has 3 nitrogen and oxygen atoms in total. The van der Waals surface area contributed by atoms with Crippen molar-refractivity contribution in [2.24, 2.45) is 0 Å². The maximum absolute atomic E-state index is 6.39. The fourth-order valence-electron chi connectivity index (χ4n) is 6.31. The second-order valence-electron chi connectivity index (χ2n) is 11.0. The van der Waals surface area contributed by atoms with Gasteiger partial charge in [0.2, 0.25) is 0 Å². The van der Waals surface area contributed by atoms with Crippen LogP contribution in [0.1, 0.15) is 25.0 Å². The summed E-state index contributed by atoms with van der Waals surface area (Å²) in [6.07, 6.45) is 0. The zero-order chi connectivity index (χ0) is 26.8. The van der Waals surface area contributed by atoms with Gasteiger partial charge in [-0.05, 0) is 23.3 Å². The van der Waals surface area contributed by atoms with E-state index in [1.165, 1.54) is 11.1 Å². The minimum Gasteiger partial charge on any atom is -0.455 e. The highest BCUT2D eigenvalue weighted by atomic mass is 16.3. The van der Waals surface area contributed by atoms with E-state index >= 15 is 0 Å². The van der Waals surface area contributed by atoms with E-state index in [9.17, 15) is 0 Å². The van der Waals surface area contributed by atoms with Crippen LogP contribution in [0.25, 0.3) is 67.0 Å². The van der Waals surface area contributed by atoms with E-state index in [0.29, 0.717) is 0 Å². The number of para-hydroxylation sites is 2. The van der Waals surface area contributed by atoms with E-state index in [1.54, 1.807) is 0 Å². The summed E-state index contributed by atoms with van der Waals surface area (Å²) in [7, 11) is 0. The lowest BCUT2D eigenvalue weighted by molar-refractivity contribution is 0.657. The van der Waals surface area contributed by atoms with Crippen LogP contribution in [0.15, 0.2) is 126 Å². The molecule has 0 saturated carbocycles. The second kappa shape index (κ2) is 8.49. The average Bonchev–Trinajstić information content (AvgIpc) is 3.50. The highest BCUT2D eigenvalue weighted by molar-refractivity contribution is 6.09. The van der Waals surface area contributed by atoms with E-state index in [2.05, 4.69) is 98.8 Å². The molecule has 0 saturated heterocycles. The normalized spacial score (nSPS) is 13.4. The standard InChI is InChI=1S/C37H26N2O/c1-37(2)30-22-25(26-17-11-18-28-27-16-9-10-19-31(27)40-35(26)28)20-21-29(30)34-32(37)33(23-12-5-3-6-13-23)38-36(39-34)24-14-7-4-8-15-24/h3-22H,1-2H3. The number of hydrogen-bond donors (Lipinski definition) is 0. The van der Waals surface area contributed by atoms with E-state index < -0.39 is 0 Å². The predicted octanol–water partition coefficient (Wildman–Crippen LogP) is 9.68. The van der Waals surface area contributed by atoms with Crippen LogP contribution >= 0.6 is 0 Å². The number of furan rings is 1. The third-order valence-corrected chi connectivity index (χ3v) is 8.28. The molecule has 5 aromatic carbocycles. The first kappa shape index (κ1) is 22.9. The Morgan fingerprint density at radius 3 is 2.02 bits per heavy atom. The van der Waals surface area contributed by atoms with Gasteiger partial charge in [0, 0.05) is 44.0 Å². The van der Waals surface area contributed by atoms with Crippen LogP contribution in [-0.4, -0.2) is 9.97 Å². The van der Waals surface area contributed by atoms with Gasteiger partial charge >= 0.3 is 0 Å². The molecule has 1 aliphatic carbocycles. The van der Waals surface area contributed by atoms with Crippen molar-refractivity contribution in [3.05, 3.63) is 132 Å². The average molecular weight is 515 g/mol. The summed E-state index contributed by atoms with van der Waals surface area (Å²) in [6, 6.07) is 42.2. The molecular formula is C37H26N2O. The van der Waals surface area contributed by atoms with E-state index in [-0.39, 0.29) is 5.41 Å². The number of rotatable bonds is 3. The number of fused-ring (bicyclic) bond motifs is 6. The van der Waals surface area contributed by atoms with Gasteiger partial charge < -0.3 is 4.42 Å². The third kappa shape index (κ3) is 3.31. The molecule has 7 aromatic rings. The lowest BCUT2D eigenvalue weighted by atomic mass is 9.80. The minimum atomic E-state index is -0.289. The molecule has 2 heterocycles. The Labute approximate surface area is 232 Å². The zero-order valence-electron chi connectivity index (χ0n) is 22.3. The van der Waals surface area contributed by atoms with Crippen LogP contribution in [0.3, 0.4) is 0 Å².